The summed E-state index contributed by atoms with van der Waals surface area (Å²) >= 11 is 3.41. The van der Waals surface area contributed by atoms with Crippen LogP contribution in [0, 0.1) is 6.92 Å². The summed E-state index contributed by atoms with van der Waals surface area (Å²) in [7, 11) is 3.55. The van der Waals surface area contributed by atoms with Crippen LogP contribution in [0.4, 0.5) is 5.95 Å². The molecule has 2 heterocycles. The van der Waals surface area contributed by atoms with Crippen molar-refractivity contribution in [3.05, 3.63) is 10.9 Å². The van der Waals surface area contributed by atoms with Crippen molar-refractivity contribution >= 4 is 39.3 Å². The molecule has 0 aromatic carbocycles. The van der Waals surface area contributed by atoms with Crippen LogP contribution in [0.5, 0.6) is 0 Å². The van der Waals surface area contributed by atoms with Crippen LogP contribution in [0.1, 0.15) is 4.88 Å². The van der Waals surface area contributed by atoms with E-state index in [9.17, 15) is 0 Å². The predicted molar refractivity (Wildman–Crippen MR) is 74.3 cm³/mol. The van der Waals surface area contributed by atoms with Gasteiger partial charge in [-0.25, -0.2) is 9.97 Å². The topological polar surface area (TPSA) is 47.0 Å². The average Bonchev–Trinajstić information content (AvgIpc) is 2.69. The second kappa shape index (κ2) is 5.66. The average molecular weight is 269 g/mol. The van der Waals surface area contributed by atoms with Gasteiger partial charge in [0.15, 0.2) is 0 Å². The summed E-state index contributed by atoms with van der Waals surface area (Å²) in [4.78, 5) is 11.3. The van der Waals surface area contributed by atoms with Crippen LogP contribution in [0.3, 0.4) is 0 Å². The van der Waals surface area contributed by atoms with Crippen LogP contribution < -0.4 is 5.32 Å². The number of thiophene rings is 1. The molecular weight excluding hydrogens is 254 g/mol. The zero-order valence-electron chi connectivity index (χ0n) is 10.1. The summed E-state index contributed by atoms with van der Waals surface area (Å²) in [5, 5.41) is 5.17. The molecule has 2 aromatic heterocycles. The van der Waals surface area contributed by atoms with Crippen molar-refractivity contribution in [1.29, 1.82) is 0 Å². The number of anilines is 1. The molecule has 0 radical (unpaired) electrons. The fraction of sp³-hybridized carbons (Fsp3) is 0.455. The number of thioether (sulfide) groups is 1. The van der Waals surface area contributed by atoms with Gasteiger partial charge in [-0.05, 0) is 13.0 Å². The molecule has 2 aromatic rings. The lowest BCUT2D eigenvalue weighted by atomic mass is 10.4. The third-order valence-electron chi connectivity index (χ3n) is 2.23. The number of rotatable bonds is 5. The van der Waals surface area contributed by atoms with E-state index in [-0.39, 0.29) is 0 Å². The lowest BCUT2D eigenvalue weighted by Gasteiger charge is -2.04. The molecule has 92 valence electrons. The minimum Gasteiger partial charge on any atom is -0.384 e. The molecule has 0 bridgehead atoms. The maximum absolute atomic E-state index is 5.06. The van der Waals surface area contributed by atoms with Crippen molar-refractivity contribution in [3.63, 3.8) is 0 Å². The molecule has 2 rings (SSSR count). The standard InChI is InChI=1S/C11H15N3OS2/c1-7-6-8-9(16-5-4-15-3)13-11(12-2)14-10(8)17-7/h6H,4-5H2,1-3H3,(H,12,13,14). The Labute approximate surface area is 109 Å². The second-order valence-electron chi connectivity index (χ2n) is 3.52. The van der Waals surface area contributed by atoms with Crippen molar-refractivity contribution in [2.45, 2.75) is 11.9 Å². The van der Waals surface area contributed by atoms with E-state index >= 15 is 0 Å². The number of hydrogen-bond acceptors (Lipinski definition) is 6. The molecule has 0 amide bonds. The number of nitrogens with zero attached hydrogens (tertiary/aromatic N) is 2. The molecule has 1 N–H and O–H groups in total. The van der Waals surface area contributed by atoms with Crippen molar-refractivity contribution in [3.8, 4) is 0 Å². The van der Waals surface area contributed by atoms with Gasteiger partial charge in [-0.2, -0.15) is 0 Å². The number of ether oxygens (including phenoxy) is 1. The lowest BCUT2D eigenvalue weighted by molar-refractivity contribution is 0.218. The minimum atomic E-state index is 0.680. The van der Waals surface area contributed by atoms with E-state index in [0.29, 0.717) is 5.95 Å². The van der Waals surface area contributed by atoms with Gasteiger partial charge >= 0.3 is 0 Å². The number of aromatic nitrogens is 2. The molecule has 0 aliphatic carbocycles. The third kappa shape index (κ3) is 2.88. The Bertz CT molecular complexity index is 513. The van der Waals surface area contributed by atoms with Gasteiger partial charge in [0.25, 0.3) is 0 Å². The Balaban J connectivity index is 2.36. The van der Waals surface area contributed by atoms with Gasteiger partial charge in [0, 0.05) is 30.2 Å². The van der Waals surface area contributed by atoms with E-state index in [2.05, 4.69) is 28.3 Å². The molecule has 0 atom stereocenters. The Hall–Kier alpha value is -0.850. The smallest absolute Gasteiger partial charge is 0.224 e. The molecule has 6 heteroatoms. The summed E-state index contributed by atoms with van der Waals surface area (Å²) in [6.07, 6.45) is 0. The zero-order chi connectivity index (χ0) is 12.3. The third-order valence-corrected chi connectivity index (χ3v) is 4.13. The van der Waals surface area contributed by atoms with Crippen LogP contribution in [-0.4, -0.2) is 36.5 Å². The summed E-state index contributed by atoms with van der Waals surface area (Å²) in [5.41, 5.74) is 0. The van der Waals surface area contributed by atoms with Gasteiger partial charge in [0.2, 0.25) is 5.95 Å². The predicted octanol–water partition coefficient (Wildman–Crippen LogP) is 2.78. The molecule has 0 saturated heterocycles. The van der Waals surface area contributed by atoms with Gasteiger partial charge in [0.1, 0.15) is 9.86 Å². The highest BCUT2D eigenvalue weighted by Gasteiger charge is 2.10. The molecule has 4 nitrogen and oxygen atoms in total. The van der Waals surface area contributed by atoms with E-state index in [1.54, 1.807) is 30.2 Å². The normalized spacial score (nSPS) is 11.0. The molecule has 0 saturated carbocycles. The van der Waals surface area contributed by atoms with E-state index in [0.717, 1.165) is 27.6 Å². The SMILES string of the molecule is CNc1nc(SCCOC)c2cc(C)sc2n1. The van der Waals surface area contributed by atoms with Gasteiger partial charge in [-0.15, -0.1) is 23.1 Å². The quantitative estimate of drug-likeness (QED) is 0.514. The summed E-state index contributed by atoms with van der Waals surface area (Å²) in [5.74, 6) is 1.58. The van der Waals surface area contributed by atoms with Gasteiger partial charge in [-0.3, -0.25) is 0 Å². The highest BCUT2D eigenvalue weighted by atomic mass is 32.2. The van der Waals surface area contributed by atoms with E-state index in [1.165, 1.54) is 4.88 Å². The molecule has 0 aliphatic rings. The van der Waals surface area contributed by atoms with Crippen LogP contribution in [0.25, 0.3) is 10.2 Å². The fourth-order valence-corrected chi connectivity index (χ4v) is 3.31. The van der Waals surface area contributed by atoms with Crippen molar-refractivity contribution in [2.75, 3.05) is 31.8 Å². The largest absolute Gasteiger partial charge is 0.384 e. The van der Waals surface area contributed by atoms with Crippen molar-refractivity contribution < 1.29 is 4.74 Å². The lowest BCUT2D eigenvalue weighted by Crippen LogP contribution is -1.98. The number of methoxy groups -OCH3 is 1. The molecule has 0 unspecified atom stereocenters. The van der Waals surface area contributed by atoms with Gasteiger partial charge in [-0.1, -0.05) is 0 Å². The first-order valence-electron chi connectivity index (χ1n) is 5.32. The van der Waals surface area contributed by atoms with E-state index in [1.807, 2.05) is 7.05 Å². The maximum atomic E-state index is 5.06. The first kappa shape index (κ1) is 12.6. The van der Waals surface area contributed by atoms with Crippen LogP contribution in [-0.2, 0) is 4.74 Å². The van der Waals surface area contributed by atoms with Crippen LogP contribution in [0.15, 0.2) is 11.1 Å². The summed E-state index contributed by atoms with van der Waals surface area (Å²) in [6, 6.07) is 2.15. The highest BCUT2D eigenvalue weighted by molar-refractivity contribution is 7.99. The Kier molecular flexibility index (Phi) is 4.20. The molecule has 0 spiro atoms. The first-order chi connectivity index (χ1) is 8.24. The highest BCUT2D eigenvalue weighted by Crippen LogP contribution is 2.31. The van der Waals surface area contributed by atoms with Crippen LogP contribution >= 0.6 is 23.1 Å². The monoisotopic (exact) mass is 269 g/mol. The summed E-state index contributed by atoms with van der Waals surface area (Å²) < 4.78 is 5.06. The number of fused-ring (bicyclic) bond motifs is 1. The maximum Gasteiger partial charge on any atom is 0.224 e. The Morgan fingerprint density at radius 3 is 3.00 bits per heavy atom. The van der Waals surface area contributed by atoms with E-state index in [4.69, 9.17) is 4.74 Å². The first-order valence-corrected chi connectivity index (χ1v) is 7.12. The number of aryl methyl sites for hydroxylation is 1. The molecule has 0 aliphatic heterocycles. The summed E-state index contributed by atoms with van der Waals surface area (Å²) in [6.45, 7) is 2.82. The van der Waals surface area contributed by atoms with E-state index < -0.39 is 0 Å². The number of hydrogen-bond donors (Lipinski definition) is 1. The zero-order valence-corrected chi connectivity index (χ0v) is 11.7. The van der Waals surface area contributed by atoms with Gasteiger partial charge in [0.05, 0.1) is 6.61 Å². The molecule has 0 fully saturated rings. The van der Waals surface area contributed by atoms with Crippen LogP contribution in [0.2, 0.25) is 0 Å². The minimum absolute atomic E-state index is 0.680. The van der Waals surface area contributed by atoms with Crippen molar-refractivity contribution in [1.82, 2.24) is 9.97 Å². The Morgan fingerprint density at radius 2 is 2.29 bits per heavy atom. The second-order valence-corrected chi connectivity index (χ2v) is 5.84. The molecular formula is C11H15N3OS2. The Morgan fingerprint density at radius 1 is 1.47 bits per heavy atom. The van der Waals surface area contributed by atoms with Crippen molar-refractivity contribution in [2.24, 2.45) is 0 Å². The fourth-order valence-electron chi connectivity index (χ4n) is 1.46. The number of nitrogens with one attached hydrogen (secondary N) is 1. The van der Waals surface area contributed by atoms with Gasteiger partial charge < -0.3 is 10.1 Å². The molecule has 17 heavy (non-hydrogen) atoms.